The monoisotopic (exact) mass is 417 g/mol. The molecular formula is C20H23N3O3S2. The fraction of sp³-hybridized carbons (Fsp3) is 0.300. The Labute approximate surface area is 169 Å². The third-order valence-corrected chi connectivity index (χ3v) is 6.81. The van der Waals surface area contributed by atoms with Gasteiger partial charge in [-0.05, 0) is 43.5 Å². The minimum Gasteiger partial charge on any atom is -0.301 e. The van der Waals surface area contributed by atoms with E-state index in [0.717, 1.165) is 21.3 Å². The quantitative estimate of drug-likeness (QED) is 0.638. The normalized spacial score (nSPS) is 13.0. The molecule has 0 saturated carbocycles. The van der Waals surface area contributed by atoms with Gasteiger partial charge in [0.05, 0.1) is 15.1 Å². The molecule has 0 radical (unpaired) electrons. The molecule has 0 aliphatic heterocycles. The van der Waals surface area contributed by atoms with Gasteiger partial charge < -0.3 is 5.32 Å². The summed E-state index contributed by atoms with van der Waals surface area (Å²) in [6, 6.07) is 11.4. The molecule has 0 aliphatic rings. The fourth-order valence-corrected chi connectivity index (χ4v) is 5.06. The van der Waals surface area contributed by atoms with Crippen LogP contribution < -0.4 is 10.0 Å². The Bertz CT molecular complexity index is 1100. The van der Waals surface area contributed by atoms with Crippen LogP contribution in [0.5, 0.6) is 0 Å². The van der Waals surface area contributed by atoms with Gasteiger partial charge in [0.2, 0.25) is 15.9 Å². The summed E-state index contributed by atoms with van der Waals surface area (Å²) in [5.74, 6) is -0.668. The van der Waals surface area contributed by atoms with Crippen molar-refractivity contribution in [3.05, 3.63) is 53.6 Å². The molecule has 2 N–H and O–H groups in total. The second kappa shape index (κ2) is 7.98. The van der Waals surface area contributed by atoms with Crippen molar-refractivity contribution in [1.82, 2.24) is 9.71 Å². The Balaban J connectivity index is 1.81. The number of rotatable bonds is 6. The first-order valence-corrected chi connectivity index (χ1v) is 11.2. The van der Waals surface area contributed by atoms with E-state index < -0.39 is 22.0 Å². The van der Waals surface area contributed by atoms with E-state index in [-0.39, 0.29) is 10.8 Å². The number of sulfonamides is 1. The number of anilines is 1. The van der Waals surface area contributed by atoms with Gasteiger partial charge in [0, 0.05) is 0 Å². The molecule has 28 heavy (non-hydrogen) atoms. The molecule has 1 atom stereocenters. The third-order valence-electron chi connectivity index (χ3n) is 4.41. The third kappa shape index (κ3) is 4.40. The number of hydrogen-bond donors (Lipinski definition) is 2. The predicted molar refractivity (Wildman–Crippen MR) is 113 cm³/mol. The van der Waals surface area contributed by atoms with Gasteiger partial charge >= 0.3 is 0 Å². The highest BCUT2D eigenvalue weighted by atomic mass is 32.2. The van der Waals surface area contributed by atoms with Gasteiger partial charge in [-0.2, -0.15) is 4.72 Å². The molecule has 0 unspecified atom stereocenters. The fourth-order valence-electron chi connectivity index (χ4n) is 2.77. The lowest BCUT2D eigenvalue weighted by molar-refractivity contribution is -0.118. The van der Waals surface area contributed by atoms with Crippen molar-refractivity contribution in [3.63, 3.8) is 0 Å². The standard InChI is InChI=1S/C20H23N3O3S2/c1-12(2)17(23-28(25,26)15-10-8-13(3)9-11-15)19(24)22-20-21-18-14(4)6-5-7-16(18)27-20/h5-12,17,23H,1-4H3,(H,21,22,24)/t17-/m0/s1. The molecule has 3 aromatic rings. The average Bonchev–Trinajstić information content (AvgIpc) is 3.03. The van der Waals surface area contributed by atoms with E-state index in [1.54, 1.807) is 26.0 Å². The Morgan fingerprint density at radius 3 is 2.36 bits per heavy atom. The summed E-state index contributed by atoms with van der Waals surface area (Å²) < 4.78 is 28.9. The average molecular weight is 418 g/mol. The highest BCUT2D eigenvalue weighted by molar-refractivity contribution is 7.89. The lowest BCUT2D eigenvalue weighted by atomic mass is 10.1. The second-order valence-electron chi connectivity index (χ2n) is 7.09. The molecule has 0 fully saturated rings. The van der Waals surface area contributed by atoms with E-state index in [9.17, 15) is 13.2 Å². The number of aromatic nitrogens is 1. The molecule has 0 bridgehead atoms. The van der Waals surface area contributed by atoms with E-state index in [2.05, 4.69) is 15.0 Å². The minimum absolute atomic E-state index is 0.132. The van der Waals surface area contributed by atoms with Crippen molar-refractivity contribution >= 4 is 42.6 Å². The first-order valence-electron chi connectivity index (χ1n) is 8.93. The van der Waals surface area contributed by atoms with E-state index in [0.29, 0.717) is 5.13 Å². The Hall–Kier alpha value is -2.29. The van der Waals surface area contributed by atoms with Crippen LogP contribution in [-0.2, 0) is 14.8 Å². The molecule has 3 rings (SSSR count). The van der Waals surface area contributed by atoms with Crippen molar-refractivity contribution in [2.45, 2.75) is 38.6 Å². The molecule has 0 spiro atoms. The lowest BCUT2D eigenvalue weighted by Gasteiger charge is -2.21. The molecule has 6 nitrogen and oxygen atoms in total. The summed E-state index contributed by atoms with van der Waals surface area (Å²) in [4.78, 5) is 17.4. The Kier molecular flexibility index (Phi) is 5.83. The summed E-state index contributed by atoms with van der Waals surface area (Å²) in [6.45, 7) is 7.43. The minimum atomic E-state index is -3.82. The van der Waals surface area contributed by atoms with Crippen molar-refractivity contribution in [1.29, 1.82) is 0 Å². The van der Waals surface area contributed by atoms with E-state index in [1.165, 1.54) is 23.5 Å². The first kappa shape index (κ1) is 20.4. The summed E-state index contributed by atoms with van der Waals surface area (Å²) in [5.41, 5.74) is 2.82. The Morgan fingerprint density at radius 1 is 1.07 bits per heavy atom. The van der Waals surface area contributed by atoms with E-state index >= 15 is 0 Å². The number of nitrogens with one attached hydrogen (secondary N) is 2. The van der Waals surface area contributed by atoms with Crippen molar-refractivity contribution in [3.8, 4) is 0 Å². The SMILES string of the molecule is Cc1ccc(S(=O)(=O)N[C@H](C(=O)Nc2nc3c(C)cccc3s2)C(C)C)cc1. The Morgan fingerprint density at radius 2 is 1.75 bits per heavy atom. The molecule has 0 aliphatic carbocycles. The topological polar surface area (TPSA) is 88.2 Å². The van der Waals surface area contributed by atoms with Gasteiger partial charge in [0.25, 0.3) is 0 Å². The number of nitrogens with zero attached hydrogens (tertiary/aromatic N) is 1. The van der Waals surface area contributed by atoms with Crippen molar-refractivity contribution in [2.75, 3.05) is 5.32 Å². The van der Waals surface area contributed by atoms with Crippen molar-refractivity contribution < 1.29 is 13.2 Å². The number of carbonyl (C=O) groups excluding carboxylic acids is 1. The van der Waals surface area contributed by atoms with E-state index in [1.807, 2.05) is 32.0 Å². The van der Waals surface area contributed by atoms with Gasteiger partial charge in [-0.25, -0.2) is 13.4 Å². The van der Waals surface area contributed by atoms with Crippen LogP contribution in [0.25, 0.3) is 10.2 Å². The predicted octanol–water partition coefficient (Wildman–Crippen LogP) is 3.85. The highest BCUT2D eigenvalue weighted by Gasteiger charge is 2.29. The van der Waals surface area contributed by atoms with Crippen LogP contribution in [0.4, 0.5) is 5.13 Å². The maximum absolute atomic E-state index is 12.8. The van der Waals surface area contributed by atoms with Crippen LogP contribution in [0.3, 0.4) is 0 Å². The number of benzene rings is 2. The number of carbonyl (C=O) groups is 1. The maximum Gasteiger partial charge on any atom is 0.244 e. The summed E-state index contributed by atoms with van der Waals surface area (Å²) in [6.07, 6.45) is 0. The summed E-state index contributed by atoms with van der Waals surface area (Å²) in [5, 5.41) is 3.22. The molecule has 2 aromatic carbocycles. The zero-order chi connectivity index (χ0) is 20.5. The lowest BCUT2D eigenvalue weighted by Crippen LogP contribution is -2.47. The van der Waals surface area contributed by atoms with Crippen LogP contribution >= 0.6 is 11.3 Å². The smallest absolute Gasteiger partial charge is 0.244 e. The van der Waals surface area contributed by atoms with Gasteiger partial charge in [-0.1, -0.05) is 55.0 Å². The van der Waals surface area contributed by atoms with Crippen LogP contribution in [-0.4, -0.2) is 25.4 Å². The van der Waals surface area contributed by atoms with Crippen LogP contribution in [0, 0.1) is 19.8 Å². The van der Waals surface area contributed by atoms with Gasteiger partial charge in [-0.15, -0.1) is 0 Å². The van der Waals surface area contributed by atoms with Gasteiger partial charge in [0.15, 0.2) is 5.13 Å². The number of thiazole rings is 1. The van der Waals surface area contributed by atoms with E-state index in [4.69, 9.17) is 0 Å². The molecule has 1 aromatic heterocycles. The molecular weight excluding hydrogens is 394 g/mol. The van der Waals surface area contributed by atoms with Crippen molar-refractivity contribution in [2.24, 2.45) is 5.92 Å². The number of para-hydroxylation sites is 1. The number of amides is 1. The largest absolute Gasteiger partial charge is 0.301 e. The number of aryl methyl sites for hydroxylation is 2. The van der Waals surface area contributed by atoms with Crippen LogP contribution in [0.1, 0.15) is 25.0 Å². The van der Waals surface area contributed by atoms with Crippen LogP contribution in [0.15, 0.2) is 47.4 Å². The summed E-state index contributed by atoms with van der Waals surface area (Å²) in [7, 11) is -3.82. The molecule has 8 heteroatoms. The zero-order valence-corrected chi connectivity index (χ0v) is 17.8. The van der Waals surface area contributed by atoms with Crippen LogP contribution in [0.2, 0.25) is 0 Å². The molecule has 148 valence electrons. The molecule has 1 amide bonds. The first-order chi connectivity index (χ1) is 13.2. The zero-order valence-electron chi connectivity index (χ0n) is 16.2. The van der Waals surface area contributed by atoms with Gasteiger partial charge in [-0.3, -0.25) is 4.79 Å². The maximum atomic E-state index is 12.8. The second-order valence-corrected chi connectivity index (χ2v) is 9.83. The van der Waals surface area contributed by atoms with Gasteiger partial charge in [0.1, 0.15) is 6.04 Å². The molecule has 0 saturated heterocycles. The molecule has 1 heterocycles. The number of hydrogen-bond acceptors (Lipinski definition) is 5. The summed E-state index contributed by atoms with van der Waals surface area (Å²) >= 11 is 1.36. The highest BCUT2D eigenvalue weighted by Crippen LogP contribution is 2.28. The number of fused-ring (bicyclic) bond motifs is 1.